The Labute approximate surface area is 221 Å². The number of pyridine rings is 1. The number of rotatable bonds is 3. The van der Waals surface area contributed by atoms with Crippen molar-refractivity contribution >= 4 is 29.3 Å². The molecule has 3 fully saturated rings. The molecule has 0 radical (unpaired) electrons. The van der Waals surface area contributed by atoms with Crippen molar-refractivity contribution in [2.75, 3.05) is 10.2 Å². The second kappa shape index (κ2) is 8.65. The highest BCUT2D eigenvalue weighted by Gasteiger charge is 2.77. The summed E-state index contributed by atoms with van der Waals surface area (Å²) < 4.78 is 90.3. The molecule has 3 aliphatic heterocycles. The number of alkyl halides is 6. The van der Waals surface area contributed by atoms with Crippen molar-refractivity contribution in [2.24, 2.45) is 11.8 Å². The fourth-order valence-corrected chi connectivity index (χ4v) is 5.81. The summed E-state index contributed by atoms with van der Waals surface area (Å²) in [4.78, 5) is 43.5. The van der Waals surface area contributed by atoms with Gasteiger partial charge >= 0.3 is 18.4 Å². The second-order valence-corrected chi connectivity index (χ2v) is 10.1. The van der Waals surface area contributed by atoms with E-state index in [0.29, 0.717) is 11.0 Å². The predicted molar refractivity (Wildman–Crippen MR) is 121 cm³/mol. The molecule has 3 aliphatic rings. The fraction of sp³-hybridized carbons (Fsp3) is 0.400. The molecule has 0 saturated carbocycles. The number of ether oxygens (including phenoxy) is 2. The summed E-state index contributed by atoms with van der Waals surface area (Å²) >= 11 is 0. The minimum Gasteiger partial charge on any atom is -0.443 e. The van der Waals surface area contributed by atoms with Crippen molar-refractivity contribution in [2.45, 2.75) is 49.9 Å². The third-order valence-electron chi connectivity index (χ3n) is 7.52. The van der Waals surface area contributed by atoms with Crippen LogP contribution in [0.1, 0.15) is 37.1 Å². The van der Waals surface area contributed by atoms with Gasteiger partial charge in [0.25, 0.3) is 0 Å². The van der Waals surface area contributed by atoms with Crippen LogP contribution in [-0.2, 0) is 31.4 Å². The molecular formula is C25H18F6N4O5. The molecule has 0 aliphatic carbocycles. The molecule has 9 nitrogen and oxygen atoms in total. The number of aromatic nitrogens is 1. The van der Waals surface area contributed by atoms with Gasteiger partial charge in [-0.15, -0.1) is 0 Å². The zero-order chi connectivity index (χ0) is 29.4. The number of nitriles is 1. The molecule has 4 heterocycles. The molecule has 2 aromatic rings. The van der Waals surface area contributed by atoms with Crippen molar-refractivity contribution in [3.8, 4) is 6.07 Å². The van der Waals surface area contributed by atoms with E-state index in [9.17, 15) is 40.7 Å². The summed E-state index contributed by atoms with van der Waals surface area (Å²) in [6, 6.07) is 5.41. The van der Waals surface area contributed by atoms with Crippen LogP contribution in [0.15, 0.2) is 36.5 Å². The Hall–Kier alpha value is -4.19. The molecule has 15 heteroatoms. The lowest BCUT2D eigenvalue weighted by Gasteiger charge is -2.34. The lowest BCUT2D eigenvalue weighted by atomic mass is 9.67. The molecule has 40 heavy (non-hydrogen) atoms. The third-order valence-corrected chi connectivity index (χ3v) is 7.52. The van der Waals surface area contributed by atoms with Gasteiger partial charge in [0.15, 0.2) is 5.69 Å². The number of fused-ring (bicyclic) bond motifs is 5. The van der Waals surface area contributed by atoms with Gasteiger partial charge in [-0.3, -0.25) is 14.9 Å². The number of hydrogen-bond donors (Lipinski definition) is 1. The van der Waals surface area contributed by atoms with E-state index in [1.54, 1.807) is 0 Å². The van der Waals surface area contributed by atoms with E-state index in [-0.39, 0.29) is 12.1 Å². The van der Waals surface area contributed by atoms with Gasteiger partial charge in [0.2, 0.25) is 11.8 Å². The normalized spacial score (nSPS) is 29.4. The second-order valence-electron chi connectivity index (χ2n) is 10.1. The smallest absolute Gasteiger partial charge is 0.419 e. The highest BCUT2D eigenvalue weighted by atomic mass is 19.4. The van der Waals surface area contributed by atoms with E-state index >= 15 is 0 Å². The Bertz CT molecular complexity index is 1470. The van der Waals surface area contributed by atoms with Crippen molar-refractivity contribution < 1.29 is 50.2 Å². The summed E-state index contributed by atoms with van der Waals surface area (Å²) in [5.41, 5.74) is -6.61. The van der Waals surface area contributed by atoms with Gasteiger partial charge in [-0.2, -0.15) is 31.6 Å². The quantitative estimate of drug-likeness (QED) is 0.422. The van der Waals surface area contributed by atoms with E-state index in [0.717, 1.165) is 30.5 Å². The number of carbonyl (C=O) groups excluding carboxylic acids is 3. The summed E-state index contributed by atoms with van der Waals surface area (Å²) in [5.74, 6) is -4.05. The molecule has 3 saturated heterocycles. The Morgan fingerprint density at radius 2 is 1.73 bits per heavy atom. The van der Waals surface area contributed by atoms with Crippen LogP contribution in [0.5, 0.6) is 0 Å². The maximum Gasteiger partial charge on any atom is 0.419 e. The number of nitrogens with zero attached hydrogens (tertiary/aromatic N) is 3. The number of halogens is 6. The lowest BCUT2D eigenvalue weighted by Crippen LogP contribution is -2.51. The summed E-state index contributed by atoms with van der Waals surface area (Å²) in [6.45, 7) is 2.95. The highest BCUT2D eigenvalue weighted by Crippen LogP contribution is 2.61. The molecule has 1 N–H and O–H groups in total. The number of anilines is 2. The molecular weight excluding hydrogens is 550 g/mol. The molecule has 2 bridgehead atoms. The first-order valence-electron chi connectivity index (χ1n) is 11.7. The Balaban J connectivity index is 1.38. The summed E-state index contributed by atoms with van der Waals surface area (Å²) in [7, 11) is 0. The minimum absolute atomic E-state index is 0.00314. The molecule has 0 spiro atoms. The van der Waals surface area contributed by atoms with Crippen LogP contribution in [0.2, 0.25) is 0 Å². The van der Waals surface area contributed by atoms with Crippen LogP contribution in [0, 0.1) is 23.2 Å². The maximum absolute atomic E-state index is 13.5. The SMILES string of the molecule is C[C@]12O[C@](C)(C[C@H]1OC(=O)Nc1ccc(C(F)(F)F)cc1)[C@H]1C(=O)N(c3cnc(C#N)c(C(F)(F)F)c3)C(=O)[C@H]12. The van der Waals surface area contributed by atoms with Crippen molar-refractivity contribution in [3.05, 3.63) is 53.3 Å². The molecule has 1 aromatic heterocycles. The Kier molecular flexibility index (Phi) is 5.92. The Morgan fingerprint density at radius 3 is 2.30 bits per heavy atom. The van der Waals surface area contributed by atoms with Crippen LogP contribution in [0.25, 0.3) is 0 Å². The average Bonchev–Trinajstić information content (AvgIpc) is 3.37. The van der Waals surface area contributed by atoms with Crippen LogP contribution in [0.4, 0.5) is 42.5 Å². The fourth-order valence-electron chi connectivity index (χ4n) is 5.81. The third kappa shape index (κ3) is 4.14. The van der Waals surface area contributed by atoms with Gasteiger partial charge in [-0.05, 0) is 44.2 Å². The van der Waals surface area contributed by atoms with Gasteiger partial charge < -0.3 is 9.47 Å². The van der Waals surface area contributed by atoms with E-state index in [2.05, 4.69) is 10.3 Å². The van der Waals surface area contributed by atoms with E-state index in [1.165, 1.54) is 19.9 Å². The first-order chi connectivity index (χ1) is 18.5. The standard InChI is InChI=1S/C25H18F6N4O5/c1-22-8-16(39-21(38)34-12-5-3-11(4-6-12)24(26,27)28)23(2,40-22)18-17(22)19(36)35(20(18)37)13-7-14(25(29,30)31)15(9-32)33-10-13/h3-7,10,16-18H,8H2,1-2H3,(H,34,38)/t16-,17-,18+,22-,23+/m1/s1. The first kappa shape index (κ1) is 27.4. The lowest BCUT2D eigenvalue weighted by molar-refractivity contribution is -0.138. The molecule has 3 amide bonds. The largest absolute Gasteiger partial charge is 0.443 e. The van der Waals surface area contributed by atoms with Crippen molar-refractivity contribution in [3.63, 3.8) is 0 Å². The van der Waals surface area contributed by atoms with Crippen LogP contribution >= 0.6 is 0 Å². The van der Waals surface area contributed by atoms with Crippen molar-refractivity contribution in [1.29, 1.82) is 5.26 Å². The predicted octanol–water partition coefficient (Wildman–Crippen LogP) is 4.67. The number of amides is 3. The van der Waals surface area contributed by atoms with E-state index in [4.69, 9.17) is 14.7 Å². The molecule has 5 rings (SSSR count). The topological polar surface area (TPSA) is 122 Å². The van der Waals surface area contributed by atoms with Gasteiger partial charge in [-0.25, -0.2) is 14.7 Å². The zero-order valence-corrected chi connectivity index (χ0v) is 20.6. The number of hydrogen-bond acceptors (Lipinski definition) is 7. The van der Waals surface area contributed by atoms with Gasteiger partial charge in [0.05, 0.1) is 40.4 Å². The molecule has 210 valence electrons. The van der Waals surface area contributed by atoms with Gasteiger partial charge in [0, 0.05) is 12.1 Å². The number of nitrogens with one attached hydrogen (secondary N) is 1. The minimum atomic E-state index is -4.98. The van der Waals surface area contributed by atoms with E-state index in [1.807, 2.05) is 0 Å². The average molecular weight is 568 g/mol. The van der Waals surface area contributed by atoms with Gasteiger partial charge in [-0.1, -0.05) is 0 Å². The highest BCUT2D eigenvalue weighted by molar-refractivity contribution is 6.23. The van der Waals surface area contributed by atoms with Crippen LogP contribution in [0.3, 0.4) is 0 Å². The monoisotopic (exact) mass is 568 g/mol. The van der Waals surface area contributed by atoms with Crippen LogP contribution in [-0.4, -0.2) is 40.2 Å². The summed E-state index contributed by atoms with van der Waals surface area (Å²) in [5, 5.41) is 11.3. The zero-order valence-electron chi connectivity index (χ0n) is 20.6. The molecule has 1 aromatic carbocycles. The Morgan fingerprint density at radius 1 is 1.10 bits per heavy atom. The maximum atomic E-state index is 13.5. The molecule has 5 atom stereocenters. The molecule has 0 unspecified atom stereocenters. The van der Waals surface area contributed by atoms with E-state index < -0.39 is 81.9 Å². The summed E-state index contributed by atoms with van der Waals surface area (Å²) in [6.07, 6.45) is -10.9. The number of imide groups is 1. The first-order valence-corrected chi connectivity index (χ1v) is 11.7. The van der Waals surface area contributed by atoms with Crippen molar-refractivity contribution in [1.82, 2.24) is 4.98 Å². The van der Waals surface area contributed by atoms with Crippen LogP contribution < -0.4 is 10.2 Å². The number of benzene rings is 1. The van der Waals surface area contributed by atoms with Gasteiger partial charge in [0.1, 0.15) is 17.8 Å². The number of carbonyl (C=O) groups is 3.